The van der Waals surface area contributed by atoms with Crippen molar-refractivity contribution >= 4 is 17.9 Å². The maximum absolute atomic E-state index is 12.8. The van der Waals surface area contributed by atoms with Crippen molar-refractivity contribution < 1.29 is 28.6 Å². The maximum atomic E-state index is 12.8. The van der Waals surface area contributed by atoms with Crippen LogP contribution in [-0.2, 0) is 28.6 Å². The van der Waals surface area contributed by atoms with Crippen molar-refractivity contribution in [2.75, 3.05) is 13.2 Å². The Balaban J connectivity index is 4.46. The molecule has 0 aromatic heterocycles. The molecule has 6 heteroatoms. The molecule has 0 heterocycles. The highest BCUT2D eigenvalue weighted by molar-refractivity contribution is 5.71. The third-order valence-corrected chi connectivity index (χ3v) is 10.7. The number of ether oxygens (including phenoxy) is 3. The summed E-state index contributed by atoms with van der Waals surface area (Å²) in [5.74, 6) is -0.958. The molecule has 0 rings (SSSR count). The quantitative estimate of drug-likeness (QED) is 0.0199. The van der Waals surface area contributed by atoms with Crippen LogP contribution in [0, 0.1) is 0 Å². The highest BCUT2D eigenvalue weighted by Gasteiger charge is 2.19. The van der Waals surface area contributed by atoms with E-state index in [0.29, 0.717) is 19.3 Å². The number of rotatable bonds is 45. The normalized spacial score (nSPS) is 12.8. The molecule has 62 heavy (non-hydrogen) atoms. The van der Waals surface area contributed by atoms with E-state index in [4.69, 9.17) is 14.2 Å². The first kappa shape index (κ1) is 58.6. The van der Waals surface area contributed by atoms with Gasteiger partial charge in [0.1, 0.15) is 13.2 Å². The molecule has 0 N–H and O–H groups in total. The summed E-state index contributed by atoms with van der Waals surface area (Å²) in [5.41, 5.74) is 0. The molecule has 0 aromatic rings. The number of carbonyl (C=O) groups is 3. The van der Waals surface area contributed by atoms with Gasteiger partial charge in [0.05, 0.1) is 0 Å². The first-order chi connectivity index (χ1) is 30.5. The monoisotopic (exact) mass is 863 g/mol. The molecule has 0 aliphatic heterocycles. The SMILES string of the molecule is CC/C=C/C=C/C=C/CCCCCCCC(=O)OC(COC(=O)CCCCC/C=C/CCCCCCCC)COC(=O)CCCCCCC/C=C/C=C/C=C/CCCCCCC. The standard InChI is InChI=1S/C56H94O6/c1-4-7-10-13-16-19-22-25-26-27-28-29-32-34-37-40-43-46-49-55(58)61-52-53(62-56(59)50-47-44-41-38-35-31-24-21-18-15-12-9-6-3)51-60-54(57)48-45-42-39-36-33-30-23-20-17-14-11-8-5-2/h9,12,15,18,21-22,24-30,33,53H,4-8,10-11,13-14,16-17,19-20,23,31-32,34-52H2,1-3H3/b12-9+,18-15+,24-21+,25-22+,27-26+,29-28+,33-30+. The highest BCUT2D eigenvalue weighted by Crippen LogP contribution is 2.13. The van der Waals surface area contributed by atoms with E-state index in [2.05, 4.69) is 106 Å². The molecule has 0 amide bonds. The molecule has 1 atom stereocenters. The van der Waals surface area contributed by atoms with Gasteiger partial charge in [0, 0.05) is 19.3 Å². The van der Waals surface area contributed by atoms with Crippen molar-refractivity contribution in [3.8, 4) is 0 Å². The lowest BCUT2D eigenvalue weighted by molar-refractivity contribution is -0.167. The summed E-state index contributed by atoms with van der Waals surface area (Å²) in [6.07, 6.45) is 64.2. The molecular formula is C56H94O6. The smallest absolute Gasteiger partial charge is 0.306 e. The third kappa shape index (κ3) is 47.6. The van der Waals surface area contributed by atoms with Gasteiger partial charge in [-0.25, -0.2) is 0 Å². The van der Waals surface area contributed by atoms with Crippen LogP contribution in [0.25, 0.3) is 0 Å². The zero-order chi connectivity index (χ0) is 45.1. The van der Waals surface area contributed by atoms with E-state index in [1.165, 1.54) is 70.6 Å². The Bertz CT molecular complexity index is 1220. The molecular weight excluding hydrogens is 769 g/mol. The van der Waals surface area contributed by atoms with Gasteiger partial charge in [-0.1, -0.05) is 209 Å². The van der Waals surface area contributed by atoms with Gasteiger partial charge in [0.15, 0.2) is 6.10 Å². The van der Waals surface area contributed by atoms with Crippen LogP contribution in [-0.4, -0.2) is 37.2 Å². The van der Waals surface area contributed by atoms with Crippen LogP contribution in [0.4, 0.5) is 0 Å². The van der Waals surface area contributed by atoms with Crippen LogP contribution in [0.1, 0.15) is 233 Å². The molecule has 0 aromatic carbocycles. The summed E-state index contributed by atoms with van der Waals surface area (Å²) in [6, 6.07) is 0. The molecule has 0 saturated carbocycles. The second-order valence-electron chi connectivity index (χ2n) is 16.8. The Morgan fingerprint density at radius 2 is 0.645 bits per heavy atom. The first-order valence-electron chi connectivity index (χ1n) is 25.7. The average Bonchev–Trinajstić information content (AvgIpc) is 3.27. The number of hydrogen-bond acceptors (Lipinski definition) is 6. The first-order valence-corrected chi connectivity index (χ1v) is 25.7. The van der Waals surface area contributed by atoms with E-state index in [-0.39, 0.29) is 31.1 Å². The second-order valence-corrected chi connectivity index (χ2v) is 16.8. The Hall–Kier alpha value is -3.41. The zero-order valence-corrected chi connectivity index (χ0v) is 40.4. The molecule has 0 spiro atoms. The maximum Gasteiger partial charge on any atom is 0.306 e. The predicted octanol–water partition coefficient (Wildman–Crippen LogP) is 16.8. The Morgan fingerprint density at radius 3 is 1.03 bits per heavy atom. The van der Waals surface area contributed by atoms with Crippen LogP contribution < -0.4 is 0 Å². The van der Waals surface area contributed by atoms with Crippen LogP contribution in [0.15, 0.2) is 85.1 Å². The van der Waals surface area contributed by atoms with Crippen molar-refractivity contribution in [3.05, 3.63) is 85.1 Å². The second kappa shape index (κ2) is 50.2. The molecule has 0 bridgehead atoms. The minimum Gasteiger partial charge on any atom is -0.462 e. The molecule has 0 fully saturated rings. The average molecular weight is 863 g/mol. The fourth-order valence-corrected chi connectivity index (χ4v) is 6.85. The summed E-state index contributed by atoms with van der Waals surface area (Å²) < 4.78 is 16.7. The zero-order valence-electron chi connectivity index (χ0n) is 40.4. The topological polar surface area (TPSA) is 78.9 Å². The summed E-state index contributed by atoms with van der Waals surface area (Å²) in [6.45, 7) is 6.42. The van der Waals surface area contributed by atoms with E-state index < -0.39 is 6.10 Å². The summed E-state index contributed by atoms with van der Waals surface area (Å²) in [5, 5.41) is 0. The minimum absolute atomic E-state index is 0.100. The molecule has 0 aliphatic rings. The number of hydrogen-bond donors (Lipinski definition) is 0. The van der Waals surface area contributed by atoms with Crippen molar-refractivity contribution in [1.29, 1.82) is 0 Å². The lowest BCUT2D eigenvalue weighted by Crippen LogP contribution is -2.30. The molecule has 1 unspecified atom stereocenters. The lowest BCUT2D eigenvalue weighted by atomic mass is 10.1. The number of carbonyl (C=O) groups excluding carboxylic acids is 3. The summed E-state index contributed by atoms with van der Waals surface area (Å²) >= 11 is 0. The predicted molar refractivity (Wildman–Crippen MR) is 265 cm³/mol. The van der Waals surface area contributed by atoms with Gasteiger partial charge in [-0.2, -0.15) is 0 Å². The van der Waals surface area contributed by atoms with Gasteiger partial charge in [-0.05, 0) is 89.9 Å². The molecule has 0 radical (unpaired) electrons. The van der Waals surface area contributed by atoms with Gasteiger partial charge < -0.3 is 14.2 Å². The minimum atomic E-state index is -0.801. The van der Waals surface area contributed by atoms with E-state index >= 15 is 0 Å². The molecule has 0 aliphatic carbocycles. The van der Waals surface area contributed by atoms with Crippen molar-refractivity contribution in [3.63, 3.8) is 0 Å². The highest BCUT2D eigenvalue weighted by atomic mass is 16.6. The van der Waals surface area contributed by atoms with Crippen LogP contribution in [0.5, 0.6) is 0 Å². The van der Waals surface area contributed by atoms with E-state index in [0.717, 1.165) is 122 Å². The fourth-order valence-electron chi connectivity index (χ4n) is 6.85. The summed E-state index contributed by atoms with van der Waals surface area (Å²) in [4.78, 5) is 37.9. The Kier molecular flexibility index (Phi) is 47.5. The lowest BCUT2D eigenvalue weighted by Gasteiger charge is -2.18. The molecule has 6 nitrogen and oxygen atoms in total. The number of allylic oxidation sites excluding steroid dienone is 14. The van der Waals surface area contributed by atoms with Crippen LogP contribution >= 0.6 is 0 Å². The van der Waals surface area contributed by atoms with Crippen LogP contribution in [0.3, 0.4) is 0 Å². The Labute approximate surface area is 382 Å². The van der Waals surface area contributed by atoms with Gasteiger partial charge in [0.2, 0.25) is 0 Å². The van der Waals surface area contributed by atoms with E-state index in [1.807, 2.05) is 0 Å². The van der Waals surface area contributed by atoms with Crippen molar-refractivity contribution in [2.45, 2.75) is 239 Å². The van der Waals surface area contributed by atoms with E-state index in [1.54, 1.807) is 0 Å². The van der Waals surface area contributed by atoms with Gasteiger partial charge in [-0.3, -0.25) is 14.4 Å². The summed E-state index contributed by atoms with van der Waals surface area (Å²) in [7, 11) is 0. The Morgan fingerprint density at radius 1 is 0.339 bits per heavy atom. The van der Waals surface area contributed by atoms with Crippen molar-refractivity contribution in [1.82, 2.24) is 0 Å². The van der Waals surface area contributed by atoms with Crippen molar-refractivity contribution in [2.24, 2.45) is 0 Å². The molecule has 0 saturated heterocycles. The third-order valence-electron chi connectivity index (χ3n) is 10.7. The van der Waals surface area contributed by atoms with E-state index in [9.17, 15) is 14.4 Å². The fraction of sp³-hybridized carbons (Fsp3) is 0.696. The van der Waals surface area contributed by atoms with Gasteiger partial charge in [0.25, 0.3) is 0 Å². The largest absolute Gasteiger partial charge is 0.462 e. The molecule has 354 valence electrons. The number of unbranched alkanes of at least 4 members (excludes halogenated alkanes) is 24. The van der Waals surface area contributed by atoms with Gasteiger partial charge in [-0.15, -0.1) is 0 Å². The van der Waals surface area contributed by atoms with Gasteiger partial charge >= 0.3 is 17.9 Å². The number of esters is 3. The van der Waals surface area contributed by atoms with Crippen LogP contribution in [0.2, 0.25) is 0 Å².